The highest BCUT2D eigenvalue weighted by Gasteiger charge is 2.59. The molecule has 2 atom stereocenters. The number of fused-ring (bicyclic) bond motifs is 1. The molecule has 0 spiro atoms. The second-order valence-electron chi connectivity index (χ2n) is 6.60. The molecule has 1 aliphatic carbocycles. The van der Waals surface area contributed by atoms with Crippen LogP contribution < -0.4 is 0 Å². The number of carbonyl (C=O) groups excluding carboxylic acids is 1. The highest BCUT2D eigenvalue weighted by atomic mass is 19.4. The van der Waals surface area contributed by atoms with Crippen LogP contribution in [0.1, 0.15) is 48.0 Å². The lowest BCUT2D eigenvalue weighted by Gasteiger charge is -2.35. The van der Waals surface area contributed by atoms with Crippen molar-refractivity contribution in [1.82, 2.24) is 5.01 Å². The molecule has 1 saturated carbocycles. The fraction of sp³-hybridized carbons (Fsp3) is 0.529. The van der Waals surface area contributed by atoms with Crippen LogP contribution in [0.15, 0.2) is 23.3 Å². The van der Waals surface area contributed by atoms with Crippen LogP contribution in [0.25, 0.3) is 0 Å². The van der Waals surface area contributed by atoms with Gasteiger partial charge in [0, 0.05) is 0 Å². The summed E-state index contributed by atoms with van der Waals surface area (Å²) in [6, 6.07) is 4.39. The van der Waals surface area contributed by atoms with Gasteiger partial charge in [-0.15, -0.1) is 0 Å². The lowest BCUT2D eigenvalue weighted by Crippen LogP contribution is -2.51. The van der Waals surface area contributed by atoms with Gasteiger partial charge in [0.15, 0.2) is 5.72 Å². The smallest absolute Gasteiger partial charge is 0.431 e. The van der Waals surface area contributed by atoms with E-state index >= 15 is 0 Å². The number of hydrogen-bond acceptors (Lipinski definition) is 4. The number of hydrazone groups is 1. The topological polar surface area (TPSA) is 73.1 Å². The number of amides is 1. The summed E-state index contributed by atoms with van der Waals surface area (Å²) in [7, 11) is 0. The Kier molecular flexibility index (Phi) is 4.26. The number of aryl methyl sites for hydroxylation is 1. The van der Waals surface area contributed by atoms with Crippen molar-refractivity contribution < 1.29 is 28.2 Å². The molecule has 0 aromatic heterocycles. The quantitative estimate of drug-likeness (QED) is 0.811. The van der Waals surface area contributed by atoms with Gasteiger partial charge in [-0.25, -0.2) is 0 Å². The van der Waals surface area contributed by atoms with Gasteiger partial charge in [0.1, 0.15) is 11.5 Å². The van der Waals surface area contributed by atoms with Gasteiger partial charge >= 0.3 is 6.18 Å². The summed E-state index contributed by atoms with van der Waals surface area (Å²) in [6.45, 7) is 1.57. The van der Waals surface area contributed by atoms with Crippen molar-refractivity contribution >= 4 is 11.6 Å². The number of alkyl halides is 3. The van der Waals surface area contributed by atoms with E-state index in [0.717, 1.165) is 0 Å². The molecule has 0 saturated heterocycles. The van der Waals surface area contributed by atoms with E-state index in [4.69, 9.17) is 0 Å². The predicted octanol–water partition coefficient (Wildman–Crippen LogP) is 3.34. The second kappa shape index (κ2) is 6.01. The normalized spacial score (nSPS) is 26.8. The standard InChI is InChI=1S/C17H19F3N2O3/c1-10-6-5-7-11(13(10)23)15(24)22-16(25)9-4-2-3-8-12(16)14(21-22)17(18,19)20/h5-7,12,23,25H,2-4,8-9H2,1H3. The van der Waals surface area contributed by atoms with Crippen molar-refractivity contribution in [3.05, 3.63) is 29.3 Å². The van der Waals surface area contributed by atoms with E-state index in [1.807, 2.05) is 0 Å². The molecular weight excluding hydrogens is 337 g/mol. The molecular formula is C17H19F3N2O3. The van der Waals surface area contributed by atoms with E-state index in [9.17, 15) is 28.2 Å². The SMILES string of the molecule is Cc1cccc(C(=O)N2N=C(C(F)(F)F)C3CCCCCC32O)c1O. The molecule has 25 heavy (non-hydrogen) atoms. The molecule has 3 rings (SSSR count). The molecule has 8 heteroatoms. The summed E-state index contributed by atoms with van der Waals surface area (Å²) in [5.41, 5.74) is -2.91. The number of rotatable bonds is 1. The number of halogens is 3. The van der Waals surface area contributed by atoms with Crippen molar-refractivity contribution in [2.45, 2.75) is 50.9 Å². The molecule has 5 nitrogen and oxygen atoms in total. The zero-order chi connectivity index (χ0) is 18.4. The third-order valence-electron chi connectivity index (χ3n) is 4.95. The number of carbonyl (C=O) groups is 1. The van der Waals surface area contributed by atoms with Crippen molar-refractivity contribution in [2.75, 3.05) is 0 Å². The maximum atomic E-state index is 13.4. The molecule has 1 fully saturated rings. The minimum atomic E-state index is -4.73. The van der Waals surface area contributed by atoms with Crippen molar-refractivity contribution in [1.29, 1.82) is 0 Å². The molecule has 1 aliphatic heterocycles. The zero-order valence-corrected chi connectivity index (χ0v) is 13.7. The van der Waals surface area contributed by atoms with Crippen LogP contribution >= 0.6 is 0 Å². The minimum absolute atomic E-state index is 0.0130. The number of hydrogen-bond donors (Lipinski definition) is 2. The Morgan fingerprint density at radius 3 is 2.72 bits per heavy atom. The number of para-hydroxylation sites is 1. The highest BCUT2D eigenvalue weighted by molar-refractivity contribution is 6.02. The van der Waals surface area contributed by atoms with Gasteiger partial charge in [0.2, 0.25) is 0 Å². The molecule has 136 valence electrons. The number of nitrogens with zero attached hydrogens (tertiary/aromatic N) is 2. The van der Waals surface area contributed by atoms with Crippen molar-refractivity contribution in [2.24, 2.45) is 11.0 Å². The Balaban J connectivity index is 2.08. The van der Waals surface area contributed by atoms with Gasteiger partial charge in [0.25, 0.3) is 5.91 Å². The van der Waals surface area contributed by atoms with Gasteiger partial charge in [-0.05, 0) is 37.8 Å². The van der Waals surface area contributed by atoms with Crippen LogP contribution in [0.5, 0.6) is 5.75 Å². The average Bonchev–Trinajstić information content (AvgIpc) is 2.69. The van der Waals surface area contributed by atoms with E-state index in [-0.39, 0.29) is 24.2 Å². The van der Waals surface area contributed by atoms with Crippen LogP contribution in [0.3, 0.4) is 0 Å². The average molecular weight is 356 g/mol. The Bertz CT molecular complexity index is 732. The number of benzene rings is 1. The number of aromatic hydroxyl groups is 1. The minimum Gasteiger partial charge on any atom is -0.507 e. The van der Waals surface area contributed by atoms with Crippen molar-refractivity contribution in [3.63, 3.8) is 0 Å². The largest absolute Gasteiger partial charge is 0.507 e. The maximum Gasteiger partial charge on any atom is 0.431 e. The number of phenolic OH excluding ortho intramolecular Hbond substituents is 1. The third kappa shape index (κ3) is 2.88. The summed E-state index contributed by atoms with van der Waals surface area (Å²) in [6.07, 6.45) is -2.90. The van der Waals surface area contributed by atoms with Crippen LogP contribution in [0.4, 0.5) is 13.2 Å². The van der Waals surface area contributed by atoms with E-state index in [1.165, 1.54) is 12.1 Å². The van der Waals surface area contributed by atoms with Gasteiger partial charge in [-0.1, -0.05) is 25.0 Å². The molecule has 0 radical (unpaired) electrons. The van der Waals surface area contributed by atoms with Gasteiger partial charge in [-0.2, -0.15) is 23.3 Å². The van der Waals surface area contributed by atoms with Crippen LogP contribution in [0, 0.1) is 12.8 Å². The summed E-state index contributed by atoms with van der Waals surface area (Å²) >= 11 is 0. The monoisotopic (exact) mass is 356 g/mol. The third-order valence-corrected chi connectivity index (χ3v) is 4.95. The Labute approximate surface area is 142 Å². The van der Waals surface area contributed by atoms with Gasteiger partial charge in [0.05, 0.1) is 11.5 Å². The summed E-state index contributed by atoms with van der Waals surface area (Å²) in [5.74, 6) is -2.53. The van der Waals surface area contributed by atoms with Gasteiger partial charge < -0.3 is 10.2 Å². The first-order chi connectivity index (χ1) is 11.7. The fourth-order valence-electron chi connectivity index (χ4n) is 3.61. The molecule has 2 unspecified atom stereocenters. The Morgan fingerprint density at radius 2 is 2.04 bits per heavy atom. The first-order valence-electron chi connectivity index (χ1n) is 8.17. The molecule has 2 aliphatic rings. The zero-order valence-electron chi connectivity index (χ0n) is 13.7. The number of phenols is 1. The fourth-order valence-corrected chi connectivity index (χ4v) is 3.61. The lowest BCUT2D eigenvalue weighted by molar-refractivity contribution is -0.108. The van der Waals surface area contributed by atoms with E-state index in [1.54, 1.807) is 13.0 Å². The Hall–Kier alpha value is -2.09. The predicted molar refractivity (Wildman–Crippen MR) is 84.0 cm³/mol. The summed E-state index contributed by atoms with van der Waals surface area (Å²) in [4.78, 5) is 12.8. The van der Waals surface area contributed by atoms with Crippen LogP contribution in [0.2, 0.25) is 0 Å². The molecule has 1 amide bonds. The molecule has 2 N–H and O–H groups in total. The van der Waals surface area contributed by atoms with Crippen molar-refractivity contribution in [3.8, 4) is 5.75 Å². The van der Waals surface area contributed by atoms with E-state index in [2.05, 4.69) is 5.10 Å². The molecule has 1 heterocycles. The van der Waals surface area contributed by atoms with Gasteiger partial charge in [-0.3, -0.25) is 4.79 Å². The first kappa shape index (κ1) is 17.7. The van der Waals surface area contributed by atoms with Crippen LogP contribution in [-0.2, 0) is 0 Å². The van der Waals surface area contributed by atoms with Crippen LogP contribution in [-0.4, -0.2) is 38.7 Å². The molecule has 1 aromatic rings. The highest BCUT2D eigenvalue weighted by Crippen LogP contribution is 2.45. The lowest BCUT2D eigenvalue weighted by atomic mass is 9.87. The second-order valence-corrected chi connectivity index (χ2v) is 6.60. The molecule has 1 aromatic carbocycles. The van der Waals surface area contributed by atoms with E-state index < -0.39 is 29.4 Å². The van der Waals surface area contributed by atoms with E-state index in [0.29, 0.717) is 29.8 Å². The Morgan fingerprint density at radius 1 is 1.32 bits per heavy atom. The summed E-state index contributed by atoms with van der Waals surface area (Å²) < 4.78 is 40.2. The summed E-state index contributed by atoms with van der Waals surface area (Å²) in [5, 5.41) is 25.1. The number of aliphatic hydroxyl groups is 1. The maximum absolute atomic E-state index is 13.4. The molecule has 0 bridgehead atoms. The first-order valence-corrected chi connectivity index (χ1v) is 8.17.